The molecule has 3 aromatic rings. The first-order chi connectivity index (χ1) is 11.1. The minimum Gasteiger partial charge on any atom is -0.483 e. The maximum absolute atomic E-state index is 11.9. The Bertz CT molecular complexity index is 908. The van der Waals surface area contributed by atoms with Crippen LogP contribution in [0.4, 0.5) is 0 Å². The van der Waals surface area contributed by atoms with Gasteiger partial charge in [0.05, 0.1) is 22.0 Å². The van der Waals surface area contributed by atoms with Crippen molar-refractivity contribution >= 4 is 34.0 Å². The number of aliphatic hydroxyl groups excluding tert-OH is 1. The number of hydrogen-bond acceptors (Lipinski definition) is 3. The third-order valence-electron chi connectivity index (χ3n) is 3.52. The van der Waals surface area contributed by atoms with Crippen LogP contribution < -0.4 is 10.3 Å². The quantitative estimate of drug-likeness (QED) is 0.749. The summed E-state index contributed by atoms with van der Waals surface area (Å²) in [5.74, 6) is 0.462. The molecule has 0 saturated carbocycles. The van der Waals surface area contributed by atoms with Crippen LogP contribution in [-0.2, 0) is 0 Å². The van der Waals surface area contributed by atoms with Crippen LogP contribution >= 0.6 is 23.2 Å². The molecule has 0 radical (unpaired) electrons. The van der Waals surface area contributed by atoms with Crippen molar-refractivity contribution in [1.82, 2.24) is 4.98 Å². The Kier molecular flexibility index (Phi) is 4.57. The highest BCUT2D eigenvalue weighted by Crippen LogP contribution is 2.32. The summed E-state index contributed by atoms with van der Waals surface area (Å²) < 4.78 is 5.80. The highest BCUT2D eigenvalue weighted by Gasteiger charge is 2.17. The van der Waals surface area contributed by atoms with Crippen LogP contribution in [0.2, 0.25) is 10.0 Å². The molecule has 1 atom stereocenters. The number of nitrogens with one attached hydrogen (secondary N) is 1. The molecule has 4 nitrogen and oxygen atoms in total. The van der Waals surface area contributed by atoms with Crippen molar-refractivity contribution in [2.75, 3.05) is 6.61 Å². The molecule has 0 saturated heterocycles. The number of pyridine rings is 1. The molecule has 0 bridgehead atoms. The summed E-state index contributed by atoms with van der Waals surface area (Å²) in [6.45, 7) is -0.275. The first-order valence-corrected chi connectivity index (χ1v) is 7.68. The Balaban J connectivity index is 1.97. The number of fused-ring (bicyclic) bond motifs is 1. The van der Waals surface area contributed by atoms with Gasteiger partial charge in [0.2, 0.25) is 0 Å². The van der Waals surface area contributed by atoms with Crippen LogP contribution in [0.1, 0.15) is 11.7 Å². The molecule has 0 fully saturated rings. The summed E-state index contributed by atoms with van der Waals surface area (Å²) in [6.07, 6.45) is 0.912. The zero-order valence-electron chi connectivity index (χ0n) is 11.9. The van der Waals surface area contributed by atoms with E-state index in [1.807, 2.05) is 0 Å². The van der Waals surface area contributed by atoms with Crippen LogP contribution in [0.3, 0.4) is 0 Å². The van der Waals surface area contributed by atoms with Crippen molar-refractivity contribution in [2.24, 2.45) is 0 Å². The SMILES string of the molecule is O=c1[nH]ccc2ccc(OC(CO)c3cccc(Cl)c3Cl)cc12. The number of ether oxygens (including phenoxy) is 1. The van der Waals surface area contributed by atoms with Crippen molar-refractivity contribution in [3.63, 3.8) is 0 Å². The average molecular weight is 350 g/mol. The topological polar surface area (TPSA) is 62.3 Å². The summed E-state index contributed by atoms with van der Waals surface area (Å²) in [6, 6.07) is 12.1. The molecule has 0 aliphatic heterocycles. The van der Waals surface area contributed by atoms with E-state index in [1.165, 1.54) is 0 Å². The van der Waals surface area contributed by atoms with Gasteiger partial charge in [-0.25, -0.2) is 0 Å². The van der Waals surface area contributed by atoms with Crippen molar-refractivity contribution in [2.45, 2.75) is 6.10 Å². The Morgan fingerprint density at radius 2 is 2.00 bits per heavy atom. The van der Waals surface area contributed by atoms with E-state index in [0.717, 1.165) is 5.39 Å². The molecule has 1 heterocycles. The molecule has 23 heavy (non-hydrogen) atoms. The van der Waals surface area contributed by atoms with Crippen LogP contribution in [-0.4, -0.2) is 16.7 Å². The number of hydrogen-bond donors (Lipinski definition) is 2. The Hall–Kier alpha value is -2.01. The molecule has 1 aromatic heterocycles. The number of aromatic amines is 1. The van der Waals surface area contributed by atoms with Crippen LogP contribution in [0.15, 0.2) is 53.5 Å². The van der Waals surface area contributed by atoms with Gasteiger partial charge in [-0.3, -0.25) is 4.79 Å². The molecular weight excluding hydrogens is 337 g/mol. The smallest absolute Gasteiger partial charge is 0.255 e. The number of rotatable bonds is 4. The van der Waals surface area contributed by atoms with E-state index in [-0.39, 0.29) is 12.2 Å². The normalized spacial score (nSPS) is 12.3. The number of aromatic nitrogens is 1. The molecule has 118 valence electrons. The Morgan fingerprint density at radius 3 is 2.78 bits per heavy atom. The predicted octanol–water partition coefficient (Wildman–Crippen LogP) is 3.95. The third-order valence-corrected chi connectivity index (χ3v) is 4.35. The minimum atomic E-state index is -0.679. The fraction of sp³-hybridized carbons (Fsp3) is 0.118. The number of benzene rings is 2. The van der Waals surface area contributed by atoms with Gasteiger partial charge in [-0.05, 0) is 29.7 Å². The molecule has 0 amide bonds. The Morgan fingerprint density at radius 1 is 1.17 bits per heavy atom. The van der Waals surface area contributed by atoms with Gasteiger partial charge < -0.3 is 14.8 Å². The van der Waals surface area contributed by atoms with Gasteiger partial charge in [-0.1, -0.05) is 41.4 Å². The van der Waals surface area contributed by atoms with Crippen LogP contribution in [0, 0.1) is 0 Å². The highest BCUT2D eigenvalue weighted by molar-refractivity contribution is 6.42. The van der Waals surface area contributed by atoms with E-state index in [2.05, 4.69) is 4.98 Å². The molecule has 0 aliphatic rings. The second-order valence-electron chi connectivity index (χ2n) is 4.99. The lowest BCUT2D eigenvalue weighted by atomic mass is 10.1. The summed E-state index contributed by atoms with van der Waals surface area (Å²) in [5.41, 5.74) is 0.387. The van der Waals surface area contributed by atoms with Gasteiger partial charge in [0.15, 0.2) is 0 Å². The zero-order valence-corrected chi connectivity index (χ0v) is 13.4. The van der Waals surface area contributed by atoms with E-state index >= 15 is 0 Å². The number of H-pyrrole nitrogens is 1. The lowest BCUT2D eigenvalue weighted by molar-refractivity contribution is 0.116. The molecule has 3 rings (SSSR count). The third kappa shape index (κ3) is 3.20. The molecule has 1 unspecified atom stereocenters. The monoisotopic (exact) mass is 349 g/mol. The number of halogens is 2. The standard InChI is InChI=1S/C17H13Cl2NO3/c18-14-3-1-2-12(16(14)19)15(9-21)23-11-5-4-10-6-7-20-17(22)13(10)8-11/h1-8,15,21H,9H2,(H,20,22). The summed E-state index contributed by atoms with van der Waals surface area (Å²) in [5, 5.41) is 11.7. The fourth-order valence-electron chi connectivity index (χ4n) is 2.37. The summed E-state index contributed by atoms with van der Waals surface area (Å²) in [7, 11) is 0. The first kappa shape index (κ1) is 15.9. The van der Waals surface area contributed by atoms with Gasteiger partial charge in [0, 0.05) is 11.8 Å². The van der Waals surface area contributed by atoms with Gasteiger partial charge in [0.1, 0.15) is 11.9 Å². The van der Waals surface area contributed by atoms with Crippen molar-refractivity contribution < 1.29 is 9.84 Å². The van der Waals surface area contributed by atoms with E-state index in [0.29, 0.717) is 26.7 Å². The second kappa shape index (κ2) is 6.62. The first-order valence-electron chi connectivity index (χ1n) is 6.93. The lowest BCUT2D eigenvalue weighted by Crippen LogP contribution is -2.13. The molecule has 6 heteroatoms. The van der Waals surface area contributed by atoms with Crippen molar-refractivity contribution in [1.29, 1.82) is 0 Å². The van der Waals surface area contributed by atoms with E-state index in [1.54, 1.807) is 48.7 Å². The predicted molar refractivity (Wildman–Crippen MR) is 91.5 cm³/mol. The fourth-order valence-corrected chi connectivity index (χ4v) is 2.80. The minimum absolute atomic E-state index is 0.200. The largest absolute Gasteiger partial charge is 0.483 e. The molecular formula is C17H13Cl2NO3. The van der Waals surface area contributed by atoms with Gasteiger partial charge in [-0.15, -0.1) is 0 Å². The van der Waals surface area contributed by atoms with E-state index < -0.39 is 6.10 Å². The van der Waals surface area contributed by atoms with Gasteiger partial charge >= 0.3 is 0 Å². The van der Waals surface area contributed by atoms with Gasteiger partial charge in [0.25, 0.3) is 5.56 Å². The second-order valence-corrected chi connectivity index (χ2v) is 5.77. The van der Waals surface area contributed by atoms with Gasteiger partial charge in [-0.2, -0.15) is 0 Å². The molecule has 0 aliphatic carbocycles. The summed E-state index contributed by atoms with van der Waals surface area (Å²) >= 11 is 12.2. The summed E-state index contributed by atoms with van der Waals surface area (Å²) in [4.78, 5) is 14.5. The maximum atomic E-state index is 11.9. The van der Waals surface area contributed by atoms with Crippen LogP contribution in [0.25, 0.3) is 10.8 Å². The van der Waals surface area contributed by atoms with Crippen molar-refractivity contribution in [3.8, 4) is 5.75 Å². The van der Waals surface area contributed by atoms with E-state index in [4.69, 9.17) is 27.9 Å². The van der Waals surface area contributed by atoms with Crippen LogP contribution in [0.5, 0.6) is 5.75 Å². The number of aliphatic hydroxyl groups is 1. The maximum Gasteiger partial charge on any atom is 0.255 e. The van der Waals surface area contributed by atoms with Crippen molar-refractivity contribution in [3.05, 3.63) is 74.6 Å². The zero-order chi connectivity index (χ0) is 16.4. The lowest BCUT2D eigenvalue weighted by Gasteiger charge is -2.19. The molecule has 0 spiro atoms. The highest BCUT2D eigenvalue weighted by atomic mass is 35.5. The van der Waals surface area contributed by atoms with E-state index in [9.17, 15) is 9.90 Å². The Labute approximate surface area is 142 Å². The molecule has 2 N–H and O–H groups in total. The average Bonchev–Trinajstić information content (AvgIpc) is 2.56. The molecule has 2 aromatic carbocycles.